The minimum Gasteiger partial charge on any atom is -0.361 e. The number of hydrogen-bond donors (Lipinski definition) is 1. The predicted molar refractivity (Wildman–Crippen MR) is 63.8 cm³/mol. The van der Waals surface area contributed by atoms with Gasteiger partial charge in [-0.1, -0.05) is 22.5 Å². The molecule has 0 saturated heterocycles. The van der Waals surface area contributed by atoms with Crippen molar-refractivity contribution in [1.82, 2.24) is 13.3 Å². The number of aromatic amines is 1. The molecular weight excluding hydrogens is 269 g/mol. The highest BCUT2D eigenvalue weighted by molar-refractivity contribution is 7.50. The van der Waals surface area contributed by atoms with E-state index in [0.717, 1.165) is 0 Å². The number of H-pyrrole nitrogens is 1. The fourth-order valence-corrected chi connectivity index (χ4v) is 4.73. The summed E-state index contributed by atoms with van der Waals surface area (Å²) in [7, 11) is -1.21. The molecule has 1 aromatic carbocycles. The molecule has 0 radical (unpaired) electrons. The molecule has 0 aliphatic rings. The summed E-state index contributed by atoms with van der Waals surface area (Å²) in [5.41, 5.74) is 0. The molecule has 2 aromatic rings. The largest absolute Gasteiger partial charge is 0.436 e. The molecular formula is C6H7N4O3P3. The Hall–Kier alpha value is -1.28. The smallest absolute Gasteiger partial charge is 0.361 e. The molecule has 7 nitrogen and oxygen atoms in total. The first-order valence-electron chi connectivity index (χ1n) is 4.16. The second kappa shape index (κ2) is 5.17. The highest BCUT2D eigenvalue weighted by atomic mass is 31.2. The second-order valence-corrected chi connectivity index (χ2v) is 6.64. The monoisotopic (exact) mass is 276 g/mol. The van der Waals surface area contributed by atoms with Crippen molar-refractivity contribution in [2.75, 3.05) is 0 Å². The quantitative estimate of drug-likeness (QED) is 0.689. The lowest BCUT2D eigenvalue weighted by Crippen LogP contribution is -2.03. The van der Waals surface area contributed by atoms with Crippen molar-refractivity contribution in [3.63, 3.8) is 0 Å². The Morgan fingerprint density at radius 3 is 3.00 bits per heavy atom. The number of nitrogens with zero attached hydrogens (tertiary/aromatic N) is 3. The van der Waals surface area contributed by atoms with Crippen LogP contribution >= 0.6 is 25.0 Å². The van der Waals surface area contributed by atoms with Crippen molar-refractivity contribution in [3.05, 3.63) is 40.4 Å². The van der Waals surface area contributed by atoms with Crippen molar-refractivity contribution in [1.29, 1.82) is 0 Å². The minimum absolute atomic E-state index is 0.0496. The zero-order chi connectivity index (χ0) is 11.4. The Morgan fingerprint density at radius 1 is 1.56 bits per heavy atom. The number of rotatable bonds is 3. The Kier molecular flexibility index (Phi) is 3.62. The summed E-state index contributed by atoms with van der Waals surface area (Å²) in [6.45, 7) is 0. The molecule has 1 heterocycles. The average molecular weight is 276 g/mol. The number of nitrogens with one attached hydrogen (secondary N) is 1. The molecule has 0 aliphatic carbocycles. The van der Waals surface area contributed by atoms with E-state index < -0.39 is 8.00 Å². The standard InChI is InChI=1S/C6H7N4O3P3/c11-9(12)16-8-14-7-15-10(16)13-6-4-2-1-3-5-6/h1-5,8,14H. The Morgan fingerprint density at radius 2 is 2.31 bits per heavy atom. The topological polar surface area (TPSA) is 86.0 Å². The average Bonchev–Trinajstić information content (AvgIpc) is 2.31. The van der Waals surface area contributed by atoms with Crippen LogP contribution in [0.3, 0.4) is 0 Å². The second-order valence-electron chi connectivity index (χ2n) is 2.60. The minimum atomic E-state index is -1.73. The van der Waals surface area contributed by atoms with Gasteiger partial charge in [-0.05, 0) is 12.1 Å². The summed E-state index contributed by atoms with van der Waals surface area (Å²) in [5.74, 6) is 0.562. The van der Waals surface area contributed by atoms with Crippen molar-refractivity contribution < 1.29 is 9.53 Å². The first-order valence-corrected chi connectivity index (χ1v) is 7.15. The maximum absolute atomic E-state index is 10.8. The van der Waals surface area contributed by atoms with E-state index in [1.54, 1.807) is 24.3 Å². The van der Waals surface area contributed by atoms with Crippen LogP contribution in [0.5, 0.6) is 5.75 Å². The van der Waals surface area contributed by atoms with E-state index in [2.05, 4.69) is 9.02 Å². The lowest BCUT2D eigenvalue weighted by atomic mass is 10.3. The van der Waals surface area contributed by atoms with E-state index in [9.17, 15) is 10.1 Å². The highest BCUT2D eigenvalue weighted by Gasteiger charge is 2.13. The van der Waals surface area contributed by atoms with Crippen LogP contribution in [-0.2, 0) is 0 Å². The molecule has 1 aromatic heterocycles. The summed E-state index contributed by atoms with van der Waals surface area (Å²) in [6, 6.07) is 8.93. The van der Waals surface area contributed by atoms with Gasteiger partial charge in [0.1, 0.15) is 4.69 Å². The molecule has 2 rings (SSSR count). The molecule has 0 bridgehead atoms. The number of nitro groups is 1. The third-order valence-electron chi connectivity index (χ3n) is 1.57. The highest BCUT2D eigenvalue weighted by Crippen LogP contribution is 2.28. The van der Waals surface area contributed by atoms with Crippen LogP contribution in [0.25, 0.3) is 0 Å². The van der Waals surface area contributed by atoms with Gasteiger partial charge in [0.25, 0.3) is 0 Å². The van der Waals surface area contributed by atoms with Gasteiger partial charge in [-0.3, -0.25) is 10.1 Å². The van der Waals surface area contributed by atoms with Gasteiger partial charge < -0.3 is 4.84 Å². The third-order valence-corrected chi connectivity index (χ3v) is 5.22. The SMILES string of the molecule is O=[N+]([O-])p1[nH][pH]npn1Oc1ccccc1. The Labute approximate surface area is 94.6 Å². The lowest BCUT2D eigenvalue weighted by molar-refractivity contribution is -0.301. The van der Waals surface area contributed by atoms with E-state index in [0.29, 0.717) is 14.3 Å². The van der Waals surface area contributed by atoms with Crippen molar-refractivity contribution >= 4 is 25.0 Å². The van der Waals surface area contributed by atoms with Gasteiger partial charge >= 0.3 is 8.00 Å². The first-order chi connectivity index (χ1) is 7.77. The van der Waals surface area contributed by atoms with E-state index >= 15 is 0 Å². The number of hydrogen-bond acceptors (Lipinski definition) is 4. The van der Waals surface area contributed by atoms with Crippen molar-refractivity contribution in [2.45, 2.75) is 0 Å². The zero-order valence-corrected chi connectivity index (χ0v) is 10.6. The predicted octanol–water partition coefficient (Wildman–Crippen LogP) is 2.82. The molecule has 16 heavy (non-hydrogen) atoms. The molecule has 0 fully saturated rings. The summed E-state index contributed by atoms with van der Waals surface area (Å²) in [6.07, 6.45) is 0. The summed E-state index contributed by atoms with van der Waals surface area (Å²) in [5, 5.41) is 10.8. The van der Waals surface area contributed by atoms with Crippen LogP contribution in [0.15, 0.2) is 30.3 Å². The maximum Gasteiger partial charge on any atom is 0.436 e. The number of benzene rings is 1. The van der Waals surface area contributed by atoms with E-state index in [1.165, 1.54) is 4.26 Å². The summed E-state index contributed by atoms with van der Waals surface area (Å²) >= 11 is 0. The molecule has 10 heteroatoms. The van der Waals surface area contributed by atoms with Gasteiger partial charge in [-0.2, -0.15) is 4.51 Å². The summed E-state index contributed by atoms with van der Waals surface area (Å²) < 4.78 is 7.55. The first kappa shape index (κ1) is 11.2. The Balaban J connectivity index is 2.31. The van der Waals surface area contributed by atoms with Crippen LogP contribution in [0.1, 0.15) is 0 Å². The third kappa shape index (κ3) is 2.64. The van der Waals surface area contributed by atoms with Crippen LogP contribution in [0.2, 0.25) is 0 Å². The van der Waals surface area contributed by atoms with Gasteiger partial charge in [-0.15, -0.1) is 0 Å². The van der Waals surface area contributed by atoms with Crippen LogP contribution in [0.4, 0.5) is 0 Å². The fourth-order valence-electron chi connectivity index (χ4n) is 0.944. The molecule has 0 saturated carbocycles. The van der Waals surface area contributed by atoms with Crippen molar-refractivity contribution in [3.8, 4) is 5.75 Å². The van der Waals surface area contributed by atoms with Gasteiger partial charge in [-0.25, -0.2) is 4.51 Å². The van der Waals surface area contributed by atoms with Gasteiger partial charge in [0, 0.05) is 8.51 Å². The Bertz CT molecular complexity index is 511. The van der Waals surface area contributed by atoms with E-state index in [1.807, 2.05) is 6.07 Å². The van der Waals surface area contributed by atoms with E-state index in [-0.39, 0.29) is 13.2 Å². The van der Waals surface area contributed by atoms with Crippen molar-refractivity contribution in [2.24, 2.45) is 0 Å². The van der Waals surface area contributed by atoms with Gasteiger partial charge in [0.15, 0.2) is 14.3 Å². The zero-order valence-electron chi connectivity index (χ0n) is 7.85. The normalized spacial score (nSPS) is 11.9. The van der Waals surface area contributed by atoms with Crippen LogP contribution in [-0.4, -0.2) is 18.0 Å². The van der Waals surface area contributed by atoms with Crippen LogP contribution < -0.4 is 4.84 Å². The van der Waals surface area contributed by atoms with Gasteiger partial charge in [0.2, 0.25) is 0 Å². The molecule has 2 atom stereocenters. The number of para-hydroxylation sites is 1. The fraction of sp³-hybridized carbons (Fsp3) is 0. The maximum atomic E-state index is 10.8. The van der Waals surface area contributed by atoms with Crippen LogP contribution in [0, 0.1) is 10.1 Å². The number of aromatic nitrogens is 3. The molecule has 2 unspecified atom stereocenters. The molecule has 0 aliphatic heterocycles. The molecule has 1 N–H and O–H groups in total. The molecule has 84 valence electrons. The molecule has 0 amide bonds. The van der Waals surface area contributed by atoms with Gasteiger partial charge in [0.05, 0.1) is 0 Å². The summed E-state index contributed by atoms with van der Waals surface area (Å²) in [4.78, 5) is 16.1. The lowest BCUT2D eigenvalue weighted by Gasteiger charge is -2.05. The molecule has 0 spiro atoms. The van der Waals surface area contributed by atoms with E-state index in [4.69, 9.17) is 4.84 Å².